The third kappa shape index (κ3) is 12.8. The predicted molar refractivity (Wildman–Crippen MR) is 117 cm³/mol. The van der Waals surface area contributed by atoms with E-state index in [0.717, 1.165) is 43.1 Å². The van der Waals surface area contributed by atoms with Gasteiger partial charge in [-0.2, -0.15) is 8.42 Å². The van der Waals surface area contributed by atoms with E-state index >= 15 is 0 Å². The third-order valence-corrected chi connectivity index (χ3v) is 4.97. The Morgan fingerprint density at radius 3 is 2.39 bits per heavy atom. The van der Waals surface area contributed by atoms with Gasteiger partial charge in [-0.05, 0) is 55.0 Å². The Morgan fingerprint density at radius 1 is 0.968 bits per heavy atom. The monoisotopic (exact) mass is 456 g/mol. The number of esters is 2. The van der Waals surface area contributed by atoms with Gasteiger partial charge in [-0.15, -0.1) is 0 Å². The maximum Gasteiger partial charge on any atom is 0.330 e. The number of aryl methyl sites for hydroxylation is 1. The Balaban J connectivity index is 2.60. The fraction of sp³-hybridized carbons (Fsp3) is 0.545. The van der Waals surface area contributed by atoms with Crippen molar-refractivity contribution in [3.8, 4) is 5.75 Å². The van der Waals surface area contributed by atoms with Crippen molar-refractivity contribution in [2.45, 2.75) is 44.9 Å². The van der Waals surface area contributed by atoms with E-state index in [1.807, 2.05) is 18.2 Å². The third-order valence-electron chi connectivity index (χ3n) is 4.38. The van der Waals surface area contributed by atoms with Crippen molar-refractivity contribution in [1.82, 2.24) is 0 Å². The van der Waals surface area contributed by atoms with Crippen molar-refractivity contribution in [3.63, 3.8) is 0 Å². The SMILES string of the molecule is COC(=O)C=Cc1cc(OCCCC(=O)OC)ccc1CCCCCCOS(C)(=O)=O. The zero-order valence-corrected chi connectivity index (χ0v) is 19.2. The smallest absolute Gasteiger partial charge is 0.330 e. The van der Waals surface area contributed by atoms with Crippen LogP contribution in [-0.4, -0.2) is 54.0 Å². The Morgan fingerprint density at radius 2 is 1.71 bits per heavy atom. The number of unbranched alkanes of at least 4 members (excludes halogenated alkanes) is 3. The summed E-state index contributed by atoms with van der Waals surface area (Å²) in [5.74, 6) is -0.0687. The van der Waals surface area contributed by atoms with E-state index in [-0.39, 0.29) is 12.6 Å². The summed E-state index contributed by atoms with van der Waals surface area (Å²) >= 11 is 0. The van der Waals surface area contributed by atoms with Crippen LogP contribution >= 0.6 is 0 Å². The van der Waals surface area contributed by atoms with Gasteiger partial charge in [0.1, 0.15) is 5.75 Å². The molecule has 1 rings (SSSR count). The Bertz CT molecular complexity index is 830. The van der Waals surface area contributed by atoms with Crippen LogP contribution in [0.15, 0.2) is 24.3 Å². The molecule has 174 valence electrons. The second-order valence-corrected chi connectivity index (χ2v) is 8.58. The summed E-state index contributed by atoms with van der Waals surface area (Å²) in [5.41, 5.74) is 1.92. The van der Waals surface area contributed by atoms with Crippen molar-refractivity contribution in [1.29, 1.82) is 0 Å². The largest absolute Gasteiger partial charge is 0.494 e. The van der Waals surface area contributed by atoms with Crippen LogP contribution in [0.1, 0.15) is 49.7 Å². The van der Waals surface area contributed by atoms with Gasteiger partial charge < -0.3 is 14.2 Å². The first kappa shape index (κ1) is 26.6. The molecule has 0 N–H and O–H groups in total. The highest BCUT2D eigenvalue weighted by Gasteiger charge is 2.06. The lowest BCUT2D eigenvalue weighted by Gasteiger charge is -2.11. The maximum atomic E-state index is 11.5. The van der Waals surface area contributed by atoms with Gasteiger partial charge in [0.2, 0.25) is 0 Å². The minimum atomic E-state index is -3.38. The van der Waals surface area contributed by atoms with Gasteiger partial charge in [0, 0.05) is 12.5 Å². The molecule has 0 radical (unpaired) electrons. The van der Waals surface area contributed by atoms with Gasteiger partial charge in [-0.3, -0.25) is 8.98 Å². The number of carbonyl (C=O) groups excluding carboxylic acids is 2. The molecular formula is C22H32O8S. The van der Waals surface area contributed by atoms with Crippen LogP contribution in [-0.2, 0) is 39.8 Å². The molecule has 1 aromatic carbocycles. The molecule has 0 bridgehead atoms. The number of rotatable bonds is 15. The van der Waals surface area contributed by atoms with Crippen molar-refractivity contribution in [2.75, 3.05) is 33.7 Å². The molecule has 0 unspecified atom stereocenters. The molecule has 9 heteroatoms. The summed E-state index contributed by atoms with van der Waals surface area (Å²) in [6, 6.07) is 5.68. The topological polar surface area (TPSA) is 105 Å². The second-order valence-electron chi connectivity index (χ2n) is 6.94. The van der Waals surface area contributed by atoms with Crippen molar-refractivity contribution in [2.24, 2.45) is 0 Å². The van der Waals surface area contributed by atoms with E-state index in [4.69, 9.17) is 8.92 Å². The van der Waals surface area contributed by atoms with E-state index in [1.54, 1.807) is 6.08 Å². The van der Waals surface area contributed by atoms with Crippen LogP contribution in [0.4, 0.5) is 0 Å². The summed E-state index contributed by atoms with van der Waals surface area (Å²) in [6.07, 6.45) is 9.13. The zero-order chi connectivity index (χ0) is 23.1. The highest BCUT2D eigenvalue weighted by atomic mass is 32.2. The van der Waals surface area contributed by atoms with Gasteiger partial charge in [-0.25, -0.2) is 4.79 Å². The summed E-state index contributed by atoms with van der Waals surface area (Å²) in [5, 5.41) is 0. The average Bonchev–Trinajstić information content (AvgIpc) is 2.74. The molecule has 8 nitrogen and oxygen atoms in total. The van der Waals surface area contributed by atoms with Gasteiger partial charge in [0.05, 0.1) is 33.7 Å². The van der Waals surface area contributed by atoms with Gasteiger partial charge in [0.25, 0.3) is 10.1 Å². The average molecular weight is 457 g/mol. The highest BCUT2D eigenvalue weighted by Crippen LogP contribution is 2.22. The van der Waals surface area contributed by atoms with E-state index in [2.05, 4.69) is 9.47 Å². The number of benzene rings is 1. The van der Waals surface area contributed by atoms with E-state index in [1.165, 1.54) is 20.3 Å². The first-order chi connectivity index (χ1) is 14.7. The molecule has 0 spiro atoms. The molecule has 0 saturated heterocycles. The normalized spacial score (nSPS) is 11.5. The lowest BCUT2D eigenvalue weighted by Crippen LogP contribution is -2.05. The molecule has 0 aliphatic carbocycles. The lowest BCUT2D eigenvalue weighted by molar-refractivity contribution is -0.140. The van der Waals surface area contributed by atoms with Gasteiger partial charge >= 0.3 is 11.9 Å². The predicted octanol–water partition coefficient (Wildman–Crippen LogP) is 3.28. The number of hydrogen-bond acceptors (Lipinski definition) is 8. The summed E-state index contributed by atoms with van der Waals surface area (Å²) in [6.45, 7) is 0.581. The van der Waals surface area contributed by atoms with Crippen molar-refractivity contribution in [3.05, 3.63) is 35.4 Å². The zero-order valence-electron chi connectivity index (χ0n) is 18.4. The van der Waals surface area contributed by atoms with E-state index in [0.29, 0.717) is 31.6 Å². The molecule has 0 heterocycles. The lowest BCUT2D eigenvalue weighted by atomic mass is 10.00. The minimum absolute atomic E-state index is 0.202. The number of carbonyl (C=O) groups is 2. The molecule has 0 amide bonds. The van der Waals surface area contributed by atoms with Crippen LogP contribution in [0.5, 0.6) is 5.75 Å². The quantitative estimate of drug-likeness (QED) is 0.171. The van der Waals surface area contributed by atoms with Gasteiger partial charge in [0.15, 0.2) is 0 Å². The fourth-order valence-electron chi connectivity index (χ4n) is 2.76. The summed E-state index contributed by atoms with van der Waals surface area (Å²) < 4.78 is 41.6. The molecular weight excluding hydrogens is 424 g/mol. The molecule has 0 atom stereocenters. The Labute approximate surface area is 184 Å². The molecule has 0 saturated carbocycles. The number of methoxy groups -OCH3 is 2. The standard InChI is InChI=1S/C22H32O8S/c1-27-21(23)10-8-15-29-20-13-11-18(19(17-20)12-14-22(24)28-2)9-6-4-5-7-16-30-31(3,25)26/h11-14,17H,4-10,15-16H2,1-3H3. The van der Waals surface area contributed by atoms with Crippen LogP contribution < -0.4 is 4.74 Å². The van der Waals surface area contributed by atoms with Gasteiger partial charge in [-0.1, -0.05) is 18.9 Å². The Hall–Kier alpha value is -2.39. The van der Waals surface area contributed by atoms with Crippen LogP contribution in [0, 0.1) is 0 Å². The first-order valence-electron chi connectivity index (χ1n) is 10.2. The second kappa shape index (κ2) is 14.6. The van der Waals surface area contributed by atoms with E-state index in [9.17, 15) is 18.0 Å². The number of hydrogen-bond donors (Lipinski definition) is 0. The number of ether oxygens (including phenoxy) is 3. The van der Waals surface area contributed by atoms with Crippen LogP contribution in [0.2, 0.25) is 0 Å². The maximum absolute atomic E-state index is 11.5. The summed E-state index contributed by atoms with van der Waals surface area (Å²) in [7, 11) is -0.706. The Kier molecular flexibility index (Phi) is 12.5. The molecule has 31 heavy (non-hydrogen) atoms. The molecule has 0 aromatic heterocycles. The fourth-order valence-corrected chi connectivity index (χ4v) is 3.18. The molecule has 0 aliphatic rings. The van der Waals surface area contributed by atoms with Crippen LogP contribution in [0.25, 0.3) is 6.08 Å². The van der Waals surface area contributed by atoms with Crippen LogP contribution in [0.3, 0.4) is 0 Å². The molecule has 0 aliphatic heterocycles. The molecule has 1 aromatic rings. The van der Waals surface area contributed by atoms with E-state index < -0.39 is 16.1 Å². The summed E-state index contributed by atoms with van der Waals surface area (Å²) in [4.78, 5) is 22.6. The van der Waals surface area contributed by atoms with Crippen molar-refractivity contribution < 1.29 is 36.4 Å². The highest BCUT2D eigenvalue weighted by molar-refractivity contribution is 7.85. The first-order valence-corrected chi connectivity index (χ1v) is 12.0. The molecule has 0 fully saturated rings. The minimum Gasteiger partial charge on any atom is -0.494 e. The van der Waals surface area contributed by atoms with Crippen molar-refractivity contribution >= 4 is 28.1 Å².